The molecule has 7 heterocycles. The quantitative estimate of drug-likeness (QED) is 0.0135. The molecular weight excluding hydrogens is 1680 g/mol. The maximum atomic E-state index is 16.3. The molecule has 127 heavy (non-hydrogen) atoms. The van der Waals surface area contributed by atoms with E-state index in [9.17, 15) is 117 Å². The van der Waals surface area contributed by atoms with Crippen LogP contribution in [0, 0.1) is 68.0 Å². The van der Waals surface area contributed by atoms with Crippen molar-refractivity contribution in [3.05, 3.63) is 11.6 Å². The van der Waals surface area contributed by atoms with Gasteiger partial charge in [-0.2, -0.15) is 0 Å². The van der Waals surface area contributed by atoms with Crippen LogP contribution >= 0.6 is 0 Å². The van der Waals surface area contributed by atoms with Crippen LogP contribution in [0.3, 0.4) is 0 Å². The summed E-state index contributed by atoms with van der Waals surface area (Å²) in [4.78, 5) is 59.0. The predicted octanol–water partition coefficient (Wildman–Crippen LogP) is -2.98. The number of rotatable bonds is 33. The SMILES string of the molecule is CC[C@@H](C)[C@@H](CC(=O)C[C@@H](O)C[C@H](O[C@@H]1O[C@@H](CC)[C@@H](O)C1O)[C@H](C)CC)C[C@H](O)CC(=O)N[C@H]1C(CO)O[C@@H](OC(=O)[C@]23CCC(C)(C)CC2C2=CCC4C5(C)CC[C@H](O[C@@H]6OC[C@@H](O)[C@H](O[C@@H]7OC[C@@H](O)[C@H](O)C7O)C6O[C@@H]6OC(CO)[C@H](O)[C@H](O)C6O)[C@](C)(C=O)[C@@H]5CC[C@]4(C)[C@]2(C)CC3O)[C@H](O[C@@H]2OC(C)[C@H](O[C@@H]3OC[C@@H](O)C(O)[C@H]3O)C(O)[C@@H]2O)C1O. The Balaban J connectivity index is 0.781. The molecule has 12 aliphatic rings. The van der Waals surface area contributed by atoms with E-state index in [1.165, 1.54) is 6.92 Å². The number of hydrogen-bond donors (Lipinski definition) is 21. The zero-order chi connectivity index (χ0) is 93.1. The second-order valence-corrected chi connectivity index (χ2v) is 40.5. The molecule has 1 amide bonds. The fourth-order valence-corrected chi connectivity index (χ4v) is 23.5. The highest BCUT2D eigenvalue weighted by Gasteiger charge is 2.73. The largest absolute Gasteiger partial charge is 0.432 e. The standard InChI is InChI=1S/C88H145NO38/c1-13-37(4)40(24-41(93)26-43(95)27-50(38(5)14-2)119-78-68(110)61(103)49(15-3)118-78)25-42(94)28-57(100)89-58-51(31-90)120-81(73(63(58)105)125-77-70(112)65(107)71(39(6)117-77)123-75-66(108)59(101)46(96)33-114-75)127-82(113)88-23-22-83(7,8)29-45(88)44-16-17-54-84(9)20-19-56(85(10,36-92)53(84)18-21-86(54,11)87(44,12)30-55(88)99)122-80-74(126-79-69(111)64(106)62(104)52(32-91)121-79)72(48(98)35-116-80)124-76-67(109)60(102)47(97)34-115-76/h16,36-40,42-43,45-56,58-81,90-91,94-99,101-112H,13-15,17-35H2,1-12H3,(H,89,100)/t37-,38-,39?,40+,42+,43-,45?,46-,47-,48-,49+,50+,51?,52?,53-,54?,55?,56+,58+,59?,60+,61-,62+,63?,64+,65?,66-,67?,68?,69?,70+,71+,72+,73-,74?,75+,76+,77+,78+,79+,80+,81+,84?,85-,86+,87-,88-/m1/s1. The second kappa shape index (κ2) is 41.3. The summed E-state index contributed by atoms with van der Waals surface area (Å²) in [5.41, 5.74) is -4.90. The zero-order valence-electron chi connectivity index (χ0n) is 74.8. The van der Waals surface area contributed by atoms with Gasteiger partial charge in [-0.25, -0.2) is 0 Å². The lowest BCUT2D eigenvalue weighted by atomic mass is 9.33. The number of allylic oxidation sites excluding steroid dienone is 2. The van der Waals surface area contributed by atoms with E-state index >= 15 is 4.79 Å². The van der Waals surface area contributed by atoms with E-state index in [0.717, 1.165) is 11.9 Å². The first-order valence-corrected chi connectivity index (χ1v) is 45.8. The third-order valence-electron chi connectivity index (χ3n) is 32.0. The van der Waals surface area contributed by atoms with E-state index in [-0.39, 0.29) is 68.5 Å². The normalized spacial score (nSPS) is 48.4. The van der Waals surface area contributed by atoms with Gasteiger partial charge in [0, 0.05) is 19.3 Å². The molecular formula is C88H145NO38. The number of fused-ring (bicyclic) bond motifs is 7. The Kier molecular flexibility index (Phi) is 33.4. The lowest BCUT2D eigenvalue weighted by Crippen LogP contribution is -2.70. The molecule has 730 valence electrons. The second-order valence-electron chi connectivity index (χ2n) is 40.5. The Bertz CT molecular complexity index is 3670. The van der Waals surface area contributed by atoms with Gasteiger partial charge in [-0.05, 0) is 135 Å². The molecule has 7 saturated heterocycles. The smallest absolute Gasteiger partial charge is 0.317 e. The molecule has 0 spiro atoms. The Hall–Kier alpha value is -3.30. The van der Waals surface area contributed by atoms with Crippen LogP contribution in [-0.2, 0) is 85.5 Å². The zero-order valence-corrected chi connectivity index (χ0v) is 74.8. The molecule has 12 rings (SSSR count). The predicted molar refractivity (Wildman–Crippen MR) is 435 cm³/mol. The van der Waals surface area contributed by atoms with E-state index < -0.39 is 323 Å². The summed E-state index contributed by atoms with van der Waals surface area (Å²) in [5.74, 6) is -4.48. The highest BCUT2D eigenvalue weighted by molar-refractivity contribution is 5.80. The first-order chi connectivity index (χ1) is 59.7. The first kappa shape index (κ1) is 103. The van der Waals surface area contributed by atoms with Crippen molar-refractivity contribution in [2.75, 3.05) is 33.0 Å². The molecule has 14 unspecified atom stereocenters. The summed E-state index contributed by atoms with van der Waals surface area (Å²) >= 11 is 0. The highest BCUT2D eigenvalue weighted by Crippen LogP contribution is 2.76. The van der Waals surface area contributed by atoms with Gasteiger partial charge in [0.05, 0.1) is 93.6 Å². The van der Waals surface area contributed by atoms with Crippen LogP contribution in [0.5, 0.6) is 0 Å². The lowest BCUT2D eigenvalue weighted by Gasteiger charge is -2.71. The van der Waals surface area contributed by atoms with E-state index in [4.69, 9.17) is 66.3 Å². The number of ketones is 1. The van der Waals surface area contributed by atoms with Crippen molar-refractivity contribution < 1.29 is 188 Å². The van der Waals surface area contributed by atoms with E-state index in [2.05, 4.69) is 46.0 Å². The minimum absolute atomic E-state index is 0.00110. The van der Waals surface area contributed by atoms with Crippen LogP contribution in [0.25, 0.3) is 0 Å². The molecule has 39 heteroatoms. The van der Waals surface area contributed by atoms with Crippen molar-refractivity contribution in [3.63, 3.8) is 0 Å². The van der Waals surface area contributed by atoms with Crippen LogP contribution in [0.15, 0.2) is 11.6 Å². The number of aliphatic hydroxyl groups is 20. The fourth-order valence-electron chi connectivity index (χ4n) is 23.5. The molecule has 11 fully saturated rings. The monoisotopic (exact) mass is 1820 g/mol. The molecule has 0 radical (unpaired) electrons. The van der Waals surface area contributed by atoms with Crippen LogP contribution in [0.1, 0.15) is 192 Å². The topological polar surface area (TPSA) is 614 Å². The molecule has 0 bridgehead atoms. The third-order valence-corrected chi connectivity index (χ3v) is 32.0. The minimum Gasteiger partial charge on any atom is -0.432 e. The Morgan fingerprint density at radius 1 is 0.528 bits per heavy atom. The van der Waals surface area contributed by atoms with Gasteiger partial charge in [0.25, 0.3) is 0 Å². The van der Waals surface area contributed by atoms with Crippen LogP contribution in [0.2, 0.25) is 0 Å². The maximum Gasteiger partial charge on any atom is 0.317 e. The van der Waals surface area contributed by atoms with Gasteiger partial charge in [-0.3, -0.25) is 14.4 Å². The number of hydrogen-bond acceptors (Lipinski definition) is 38. The first-order valence-electron chi connectivity index (χ1n) is 45.8. The number of amides is 1. The van der Waals surface area contributed by atoms with E-state index in [1.807, 2.05) is 27.7 Å². The molecule has 4 saturated carbocycles. The number of carbonyl (C=O) groups is 4. The number of aliphatic hydroxyl groups excluding tert-OH is 20. The average molecular weight is 1830 g/mol. The van der Waals surface area contributed by atoms with Gasteiger partial charge in [0.1, 0.15) is 140 Å². The summed E-state index contributed by atoms with van der Waals surface area (Å²) < 4.78 is 85.8. The molecule has 39 nitrogen and oxygen atoms in total. The van der Waals surface area contributed by atoms with Crippen LogP contribution < -0.4 is 5.32 Å². The van der Waals surface area contributed by atoms with Crippen LogP contribution in [0.4, 0.5) is 0 Å². The third kappa shape index (κ3) is 20.2. The van der Waals surface area contributed by atoms with Gasteiger partial charge in [-0.15, -0.1) is 0 Å². The molecule has 0 aromatic rings. The Morgan fingerprint density at radius 2 is 1.08 bits per heavy atom. The minimum atomic E-state index is -2.11. The average Bonchev–Trinajstić information content (AvgIpc) is 0.759. The van der Waals surface area contributed by atoms with Crippen LogP contribution in [-0.4, -0.2) is 380 Å². The molecule has 21 N–H and O–H groups in total. The Labute approximate surface area is 739 Å². The fraction of sp³-hybridized carbons (Fsp3) is 0.932. The summed E-state index contributed by atoms with van der Waals surface area (Å²) in [6, 6.07) is -1.68. The van der Waals surface area contributed by atoms with Gasteiger partial charge < -0.3 is 179 Å². The number of aldehydes is 1. The molecule has 0 aromatic carbocycles. The number of esters is 1. The Morgan fingerprint density at radius 3 is 1.69 bits per heavy atom. The highest BCUT2D eigenvalue weighted by atomic mass is 16.8. The lowest BCUT2D eigenvalue weighted by molar-refractivity contribution is -0.384. The van der Waals surface area contributed by atoms with Crippen molar-refractivity contribution in [2.24, 2.45) is 68.0 Å². The van der Waals surface area contributed by atoms with Gasteiger partial charge in [-0.1, -0.05) is 101 Å². The number of carbonyl (C=O) groups excluding carboxylic acids is 4. The van der Waals surface area contributed by atoms with Gasteiger partial charge >= 0.3 is 5.97 Å². The maximum absolute atomic E-state index is 16.3. The summed E-state index contributed by atoms with van der Waals surface area (Å²) in [5, 5.41) is 227. The van der Waals surface area contributed by atoms with Crippen molar-refractivity contribution in [1.29, 1.82) is 0 Å². The van der Waals surface area contributed by atoms with E-state index in [1.54, 1.807) is 13.8 Å². The number of Topliss-reactive ketones (excluding diaryl/α,β-unsaturated/α-hetero) is 1. The van der Waals surface area contributed by atoms with Crippen molar-refractivity contribution >= 4 is 23.9 Å². The van der Waals surface area contributed by atoms with Crippen molar-refractivity contribution in [2.45, 2.75) is 413 Å². The summed E-state index contributed by atoms with van der Waals surface area (Å²) in [7, 11) is 0. The number of ether oxygens (including phenoxy) is 14. The molecule has 0 aromatic heterocycles. The van der Waals surface area contributed by atoms with Crippen molar-refractivity contribution in [1.82, 2.24) is 5.32 Å². The molecule has 47 atom stereocenters. The van der Waals surface area contributed by atoms with Crippen molar-refractivity contribution in [3.8, 4) is 0 Å². The summed E-state index contributed by atoms with van der Waals surface area (Å²) in [6.07, 6.45) is -49.6. The van der Waals surface area contributed by atoms with Gasteiger partial charge in [0.15, 0.2) is 43.8 Å². The number of nitrogens with one attached hydrogen (secondary N) is 1. The molecule has 7 aliphatic heterocycles. The van der Waals surface area contributed by atoms with Gasteiger partial charge in [0.2, 0.25) is 12.2 Å². The van der Waals surface area contributed by atoms with E-state index in [0.29, 0.717) is 57.8 Å². The molecule has 5 aliphatic carbocycles. The summed E-state index contributed by atoms with van der Waals surface area (Å²) in [6.45, 7) is 19.9.